The van der Waals surface area contributed by atoms with Crippen molar-refractivity contribution in [2.75, 3.05) is 13.2 Å². The SMILES string of the molecule is CC(=O)OCCC(C(=O)C[C@@H]1CCN(Cc2ccccc2)[C@@H](C#N)C1)c1ccccc1. The van der Waals surface area contributed by atoms with Crippen molar-refractivity contribution < 1.29 is 14.3 Å². The molecule has 3 atom stereocenters. The van der Waals surface area contributed by atoms with Crippen LogP contribution in [0.4, 0.5) is 0 Å². The topological polar surface area (TPSA) is 70.4 Å². The molecule has 1 unspecified atom stereocenters. The van der Waals surface area contributed by atoms with Crippen LogP contribution < -0.4 is 0 Å². The molecular weight excluding hydrogens is 388 g/mol. The zero-order chi connectivity index (χ0) is 22.1. The number of rotatable bonds is 9. The molecule has 31 heavy (non-hydrogen) atoms. The lowest BCUT2D eigenvalue weighted by Gasteiger charge is -2.36. The Labute approximate surface area is 184 Å². The summed E-state index contributed by atoms with van der Waals surface area (Å²) in [5, 5.41) is 9.72. The van der Waals surface area contributed by atoms with Crippen LogP contribution in [0.15, 0.2) is 60.7 Å². The minimum atomic E-state index is -0.332. The molecule has 5 heteroatoms. The van der Waals surface area contributed by atoms with E-state index in [9.17, 15) is 14.9 Å². The average Bonchev–Trinajstić information content (AvgIpc) is 2.78. The molecule has 0 bridgehead atoms. The molecule has 0 saturated carbocycles. The fraction of sp³-hybridized carbons (Fsp3) is 0.423. The van der Waals surface area contributed by atoms with Gasteiger partial charge in [-0.15, -0.1) is 0 Å². The number of esters is 1. The van der Waals surface area contributed by atoms with E-state index >= 15 is 0 Å². The molecule has 5 nitrogen and oxygen atoms in total. The lowest BCUT2D eigenvalue weighted by Crippen LogP contribution is -2.41. The molecule has 2 aromatic carbocycles. The highest BCUT2D eigenvalue weighted by atomic mass is 16.5. The Hall–Kier alpha value is -2.97. The van der Waals surface area contributed by atoms with Crippen LogP contribution in [0, 0.1) is 17.2 Å². The standard InChI is InChI=1S/C26H30N2O3/c1-20(29)31-15-13-25(23-10-6-3-7-11-23)26(30)17-22-12-14-28(24(16-22)18-27)19-21-8-4-2-5-9-21/h2-11,22,24-25H,12-17,19H2,1H3/t22-,24-,25?/m1/s1. The molecule has 1 saturated heterocycles. The van der Waals surface area contributed by atoms with E-state index in [4.69, 9.17) is 4.74 Å². The summed E-state index contributed by atoms with van der Waals surface area (Å²) in [4.78, 5) is 26.6. The highest BCUT2D eigenvalue weighted by Crippen LogP contribution is 2.31. The number of benzene rings is 2. The number of carbonyl (C=O) groups excluding carboxylic acids is 2. The second-order valence-electron chi connectivity index (χ2n) is 8.25. The number of ether oxygens (including phenoxy) is 1. The first kappa shape index (κ1) is 22.7. The van der Waals surface area contributed by atoms with Crippen molar-refractivity contribution in [1.82, 2.24) is 4.90 Å². The zero-order valence-corrected chi connectivity index (χ0v) is 18.1. The van der Waals surface area contributed by atoms with Crippen molar-refractivity contribution >= 4 is 11.8 Å². The van der Waals surface area contributed by atoms with Gasteiger partial charge in [-0.3, -0.25) is 14.5 Å². The molecule has 0 spiro atoms. The summed E-state index contributed by atoms with van der Waals surface area (Å²) in [5.41, 5.74) is 2.16. The summed E-state index contributed by atoms with van der Waals surface area (Å²) in [6.07, 6.45) is 2.55. The molecule has 1 heterocycles. The number of likely N-dealkylation sites (tertiary alicyclic amines) is 1. The normalized spacial score (nSPS) is 19.9. The van der Waals surface area contributed by atoms with Crippen LogP contribution in [0.5, 0.6) is 0 Å². The van der Waals surface area contributed by atoms with Crippen molar-refractivity contribution in [2.24, 2.45) is 5.92 Å². The summed E-state index contributed by atoms with van der Waals surface area (Å²) in [6.45, 7) is 3.19. The Morgan fingerprint density at radius 2 is 1.81 bits per heavy atom. The quantitative estimate of drug-likeness (QED) is 0.561. The molecule has 1 fully saturated rings. The van der Waals surface area contributed by atoms with Gasteiger partial charge < -0.3 is 4.74 Å². The van der Waals surface area contributed by atoms with Crippen molar-refractivity contribution in [1.29, 1.82) is 5.26 Å². The summed E-state index contributed by atoms with van der Waals surface area (Å²) < 4.78 is 5.10. The zero-order valence-electron chi connectivity index (χ0n) is 18.1. The Bertz CT molecular complexity index is 892. The fourth-order valence-corrected chi connectivity index (χ4v) is 4.36. The molecule has 1 aliphatic heterocycles. The van der Waals surface area contributed by atoms with E-state index in [2.05, 4.69) is 23.1 Å². The molecule has 0 amide bonds. The smallest absolute Gasteiger partial charge is 0.302 e. The first-order chi connectivity index (χ1) is 15.1. The largest absolute Gasteiger partial charge is 0.466 e. The predicted octanol–water partition coefficient (Wildman–Crippen LogP) is 4.49. The molecule has 1 aliphatic rings. The van der Waals surface area contributed by atoms with Crippen molar-refractivity contribution in [2.45, 2.75) is 51.1 Å². The van der Waals surface area contributed by atoms with E-state index in [1.807, 2.05) is 48.5 Å². The number of hydrogen-bond donors (Lipinski definition) is 0. The summed E-state index contributed by atoms with van der Waals surface area (Å²) in [7, 11) is 0. The van der Waals surface area contributed by atoms with Gasteiger partial charge in [-0.1, -0.05) is 60.7 Å². The minimum Gasteiger partial charge on any atom is -0.466 e. The third kappa shape index (κ3) is 6.77. The van der Waals surface area contributed by atoms with E-state index in [1.54, 1.807) is 0 Å². The van der Waals surface area contributed by atoms with Gasteiger partial charge in [-0.25, -0.2) is 0 Å². The monoisotopic (exact) mass is 418 g/mol. The lowest BCUT2D eigenvalue weighted by molar-refractivity contribution is -0.141. The van der Waals surface area contributed by atoms with Crippen LogP contribution >= 0.6 is 0 Å². The first-order valence-electron chi connectivity index (χ1n) is 11.0. The van der Waals surface area contributed by atoms with E-state index in [1.165, 1.54) is 12.5 Å². The maximum Gasteiger partial charge on any atom is 0.302 e. The Morgan fingerprint density at radius 3 is 2.45 bits per heavy atom. The summed E-state index contributed by atoms with van der Waals surface area (Å²) >= 11 is 0. The third-order valence-corrected chi connectivity index (χ3v) is 5.99. The van der Waals surface area contributed by atoms with Crippen LogP contribution in [-0.2, 0) is 20.9 Å². The second kappa shape index (κ2) is 11.4. The van der Waals surface area contributed by atoms with Gasteiger partial charge in [0.05, 0.1) is 18.7 Å². The maximum atomic E-state index is 13.2. The van der Waals surface area contributed by atoms with Crippen LogP contribution in [0.3, 0.4) is 0 Å². The van der Waals surface area contributed by atoms with Gasteiger partial charge in [0.2, 0.25) is 0 Å². The highest BCUT2D eigenvalue weighted by molar-refractivity contribution is 5.86. The molecule has 3 rings (SSSR count). The molecule has 2 aromatic rings. The Morgan fingerprint density at radius 1 is 1.13 bits per heavy atom. The van der Waals surface area contributed by atoms with Crippen molar-refractivity contribution in [3.05, 3.63) is 71.8 Å². The number of carbonyl (C=O) groups is 2. The average molecular weight is 419 g/mol. The highest BCUT2D eigenvalue weighted by Gasteiger charge is 2.31. The summed E-state index contributed by atoms with van der Waals surface area (Å²) in [5.74, 6) is -0.258. The van der Waals surface area contributed by atoms with Crippen molar-refractivity contribution in [3.8, 4) is 6.07 Å². The molecule has 0 radical (unpaired) electrons. The molecule has 0 aromatic heterocycles. The number of ketones is 1. The van der Waals surface area contributed by atoms with Gasteiger partial charge in [0, 0.05) is 32.4 Å². The Kier molecular flexibility index (Phi) is 8.37. The van der Waals surface area contributed by atoms with E-state index in [0.717, 1.165) is 25.1 Å². The van der Waals surface area contributed by atoms with Gasteiger partial charge in [-0.2, -0.15) is 5.26 Å². The van der Waals surface area contributed by atoms with Gasteiger partial charge in [0.15, 0.2) is 0 Å². The van der Waals surface area contributed by atoms with Crippen LogP contribution in [0.25, 0.3) is 0 Å². The van der Waals surface area contributed by atoms with Crippen LogP contribution in [0.2, 0.25) is 0 Å². The predicted molar refractivity (Wildman–Crippen MR) is 119 cm³/mol. The maximum absolute atomic E-state index is 13.2. The fourth-order valence-electron chi connectivity index (χ4n) is 4.36. The molecule has 0 aliphatic carbocycles. The van der Waals surface area contributed by atoms with Crippen LogP contribution in [-0.4, -0.2) is 35.8 Å². The van der Waals surface area contributed by atoms with Crippen molar-refractivity contribution in [3.63, 3.8) is 0 Å². The lowest BCUT2D eigenvalue weighted by atomic mass is 9.82. The number of nitriles is 1. The van der Waals surface area contributed by atoms with Gasteiger partial charge in [0.1, 0.15) is 5.78 Å². The minimum absolute atomic E-state index is 0.163. The summed E-state index contributed by atoms with van der Waals surface area (Å²) in [6, 6.07) is 22.1. The van der Waals surface area contributed by atoms with Gasteiger partial charge in [0.25, 0.3) is 0 Å². The molecular formula is C26H30N2O3. The number of Topliss-reactive ketones (excluding diaryl/α,β-unsaturated/α-hetero) is 1. The van der Waals surface area contributed by atoms with Crippen LogP contribution in [0.1, 0.15) is 49.7 Å². The third-order valence-electron chi connectivity index (χ3n) is 5.99. The second-order valence-corrected chi connectivity index (χ2v) is 8.25. The van der Waals surface area contributed by atoms with E-state index in [-0.39, 0.29) is 36.2 Å². The Balaban J connectivity index is 1.61. The van der Waals surface area contributed by atoms with E-state index in [0.29, 0.717) is 19.3 Å². The molecule has 0 N–H and O–H groups in total. The van der Waals surface area contributed by atoms with Gasteiger partial charge in [-0.05, 0) is 36.3 Å². The number of nitrogens with zero attached hydrogens (tertiary/aromatic N) is 2. The number of hydrogen-bond acceptors (Lipinski definition) is 5. The first-order valence-corrected chi connectivity index (χ1v) is 11.0. The number of piperidine rings is 1. The van der Waals surface area contributed by atoms with Gasteiger partial charge >= 0.3 is 5.97 Å². The van der Waals surface area contributed by atoms with E-state index < -0.39 is 0 Å². The molecule has 162 valence electrons.